The zero-order chi connectivity index (χ0) is 12.4. The lowest BCUT2D eigenvalue weighted by Gasteiger charge is -2.17. The van der Waals surface area contributed by atoms with E-state index < -0.39 is 0 Å². The molecule has 1 aromatic heterocycles. The van der Waals surface area contributed by atoms with Gasteiger partial charge in [-0.05, 0) is 37.5 Å². The maximum Gasteiger partial charge on any atom is 0.0946 e. The fourth-order valence-electron chi connectivity index (χ4n) is 2.36. The predicted octanol–water partition coefficient (Wildman–Crippen LogP) is 3.79. The molecule has 1 atom stereocenters. The van der Waals surface area contributed by atoms with Crippen molar-refractivity contribution in [2.24, 2.45) is 0 Å². The van der Waals surface area contributed by atoms with E-state index in [1.165, 1.54) is 22.3 Å². The Kier molecular flexibility index (Phi) is 3.53. The van der Waals surface area contributed by atoms with Crippen molar-refractivity contribution in [3.05, 3.63) is 53.1 Å². The van der Waals surface area contributed by atoms with Gasteiger partial charge in [-0.1, -0.05) is 17.7 Å². The van der Waals surface area contributed by atoms with Gasteiger partial charge in [0.05, 0.1) is 11.7 Å². The monoisotopic (exact) mass is 248 g/mol. The van der Waals surface area contributed by atoms with Crippen molar-refractivity contribution in [2.45, 2.75) is 32.7 Å². The molecule has 0 amide bonds. The van der Waals surface area contributed by atoms with Gasteiger partial charge in [0, 0.05) is 18.9 Å². The number of aryl methyl sites for hydroxylation is 3. The van der Waals surface area contributed by atoms with Gasteiger partial charge in [-0.2, -0.15) is 0 Å². The number of hydrogen-bond acceptors (Lipinski definition) is 1. The summed E-state index contributed by atoms with van der Waals surface area (Å²) in [6.45, 7) is 7.12. The molecular weight excluding hydrogens is 232 g/mol. The molecule has 0 bridgehead atoms. The first kappa shape index (κ1) is 12.2. The molecule has 2 nitrogen and oxygen atoms in total. The molecule has 2 rings (SSSR count). The van der Waals surface area contributed by atoms with E-state index in [4.69, 9.17) is 11.6 Å². The minimum absolute atomic E-state index is 0.00944. The molecule has 90 valence electrons. The fourth-order valence-corrected chi connectivity index (χ4v) is 2.86. The summed E-state index contributed by atoms with van der Waals surface area (Å²) in [6.07, 6.45) is 5.51. The van der Waals surface area contributed by atoms with Crippen LogP contribution in [0.2, 0.25) is 0 Å². The molecule has 2 aromatic rings. The summed E-state index contributed by atoms with van der Waals surface area (Å²) < 4.78 is 2.01. The molecule has 3 heteroatoms. The molecule has 1 heterocycles. The minimum atomic E-state index is -0.00944. The second-order valence-corrected chi connectivity index (χ2v) is 5.07. The first-order valence-electron chi connectivity index (χ1n) is 5.75. The van der Waals surface area contributed by atoms with E-state index in [1.54, 1.807) is 12.5 Å². The Hall–Kier alpha value is -1.28. The lowest BCUT2D eigenvalue weighted by atomic mass is 9.97. The molecular formula is C14H17ClN2. The number of imidazole rings is 1. The average Bonchev–Trinajstić information content (AvgIpc) is 2.68. The highest BCUT2D eigenvalue weighted by Gasteiger charge is 2.14. The highest BCUT2D eigenvalue weighted by atomic mass is 35.5. The summed E-state index contributed by atoms with van der Waals surface area (Å²) in [5.41, 5.74) is 5.06. The van der Waals surface area contributed by atoms with Crippen LogP contribution in [0.3, 0.4) is 0 Å². The topological polar surface area (TPSA) is 17.8 Å². The van der Waals surface area contributed by atoms with E-state index in [2.05, 4.69) is 37.9 Å². The molecule has 1 aromatic carbocycles. The first-order valence-corrected chi connectivity index (χ1v) is 6.19. The number of rotatable bonds is 3. The summed E-state index contributed by atoms with van der Waals surface area (Å²) in [5, 5.41) is -0.00944. The van der Waals surface area contributed by atoms with Gasteiger partial charge < -0.3 is 4.57 Å². The van der Waals surface area contributed by atoms with Crippen molar-refractivity contribution in [3.63, 3.8) is 0 Å². The van der Waals surface area contributed by atoms with Crippen LogP contribution in [-0.4, -0.2) is 9.55 Å². The fraction of sp³-hybridized carbons (Fsp3) is 0.357. The third-order valence-corrected chi connectivity index (χ3v) is 3.34. The third-order valence-electron chi connectivity index (χ3n) is 2.98. The van der Waals surface area contributed by atoms with Crippen LogP contribution in [0, 0.1) is 20.8 Å². The van der Waals surface area contributed by atoms with Gasteiger partial charge in [-0.15, -0.1) is 11.6 Å². The van der Waals surface area contributed by atoms with Gasteiger partial charge in [0.15, 0.2) is 0 Å². The predicted molar refractivity (Wildman–Crippen MR) is 71.5 cm³/mol. The number of alkyl halides is 1. The van der Waals surface area contributed by atoms with E-state index >= 15 is 0 Å². The lowest BCUT2D eigenvalue weighted by Crippen LogP contribution is -2.06. The Bertz CT molecular complexity index is 480. The van der Waals surface area contributed by atoms with Crippen LogP contribution in [0.4, 0.5) is 0 Å². The van der Waals surface area contributed by atoms with Crippen LogP contribution in [0.15, 0.2) is 30.9 Å². The molecule has 0 radical (unpaired) electrons. The van der Waals surface area contributed by atoms with Crippen molar-refractivity contribution >= 4 is 11.6 Å². The summed E-state index contributed by atoms with van der Waals surface area (Å²) in [7, 11) is 0. The Balaban J connectivity index is 2.27. The number of hydrogen-bond donors (Lipinski definition) is 0. The number of benzene rings is 1. The van der Waals surface area contributed by atoms with Crippen molar-refractivity contribution in [3.8, 4) is 0 Å². The van der Waals surface area contributed by atoms with E-state index in [0.717, 1.165) is 6.54 Å². The van der Waals surface area contributed by atoms with Crippen molar-refractivity contribution in [1.29, 1.82) is 0 Å². The maximum atomic E-state index is 6.51. The Morgan fingerprint density at radius 3 is 2.41 bits per heavy atom. The third kappa shape index (κ3) is 2.70. The molecule has 17 heavy (non-hydrogen) atoms. The second kappa shape index (κ2) is 4.92. The van der Waals surface area contributed by atoms with Crippen LogP contribution in [0.5, 0.6) is 0 Å². The highest BCUT2D eigenvalue weighted by Crippen LogP contribution is 2.29. The minimum Gasteiger partial charge on any atom is -0.336 e. The average molecular weight is 249 g/mol. The summed E-state index contributed by atoms with van der Waals surface area (Å²) in [4.78, 5) is 4.03. The van der Waals surface area contributed by atoms with Crippen molar-refractivity contribution in [2.75, 3.05) is 0 Å². The van der Waals surface area contributed by atoms with Crippen LogP contribution < -0.4 is 0 Å². The quantitative estimate of drug-likeness (QED) is 0.756. The Morgan fingerprint density at radius 2 is 1.88 bits per heavy atom. The van der Waals surface area contributed by atoms with Gasteiger partial charge in [0.25, 0.3) is 0 Å². The molecule has 0 N–H and O–H groups in total. The standard InChI is InChI=1S/C14H17ClN2/c1-10-6-11(2)14(12(3)7-10)13(15)8-17-5-4-16-9-17/h4-7,9,13H,8H2,1-3H3. The van der Waals surface area contributed by atoms with E-state index in [9.17, 15) is 0 Å². The second-order valence-electron chi connectivity index (χ2n) is 4.54. The van der Waals surface area contributed by atoms with E-state index in [1.807, 2.05) is 10.8 Å². The lowest BCUT2D eigenvalue weighted by molar-refractivity contribution is 0.672. The number of aromatic nitrogens is 2. The first-order chi connectivity index (χ1) is 8.08. The maximum absolute atomic E-state index is 6.51. The molecule has 0 aliphatic rings. The Morgan fingerprint density at radius 1 is 1.24 bits per heavy atom. The van der Waals surface area contributed by atoms with Crippen LogP contribution in [0.1, 0.15) is 27.6 Å². The normalized spacial score (nSPS) is 12.7. The van der Waals surface area contributed by atoms with Crippen LogP contribution in [-0.2, 0) is 6.54 Å². The molecule has 1 unspecified atom stereocenters. The summed E-state index contributed by atoms with van der Waals surface area (Å²) in [5.74, 6) is 0. The molecule has 0 aliphatic heterocycles. The highest BCUT2D eigenvalue weighted by molar-refractivity contribution is 6.21. The summed E-state index contributed by atoms with van der Waals surface area (Å²) >= 11 is 6.51. The van der Waals surface area contributed by atoms with Crippen molar-refractivity contribution < 1.29 is 0 Å². The van der Waals surface area contributed by atoms with Gasteiger partial charge in [0.1, 0.15) is 0 Å². The molecule has 0 spiro atoms. The Labute approximate surface area is 107 Å². The van der Waals surface area contributed by atoms with Crippen LogP contribution in [0.25, 0.3) is 0 Å². The molecule has 0 fully saturated rings. The van der Waals surface area contributed by atoms with Gasteiger partial charge >= 0.3 is 0 Å². The molecule has 0 saturated carbocycles. The van der Waals surface area contributed by atoms with Gasteiger partial charge in [-0.3, -0.25) is 0 Å². The van der Waals surface area contributed by atoms with E-state index in [0.29, 0.717) is 0 Å². The zero-order valence-electron chi connectivity index (χ0n) is 10.4. The largest absolute Gasteiger partial charge is 0.336 e. The van der Waals surface area contributed by atoms with Crippen molar-refractivity contribution in [1.82, 2.24) is 9.55 Å². The van der Waals surface area contributed by atoms with Crippen LogP contribution >= 0.6 is 11.6 Å². The summed E-state index contributed by atoms with van der Waals surface area (Å²) in [6, 6.07) is 4.37. The molecule has 0 saturated heterocycles. The zero-order valence-corrected chi connectivity index (χ0v) is 11.2. The van der Waals surface area contributed by atoms with Gasteiger partial charge in [0.2, 0.25) is 0 Å². The number of nitrogens with zero attached hydrogens (tertiary/aromatic N) is 2. The SMILES string of the molecule is Cc1cc(C)c(C(Cl)Cn2ccnc2)c(C)c1. The smallest absolute Gasteiger partial charge is 0.0946 e. The van der Waals surface area contributed by atoms with E-state index in [-0.39, 0.29) is 5.38 Å². The number of halogens is 1. The molecule has 0 aliphatic carbocycles. The van der Waals surface area contributed by atoms with Gasteiger partial charge in [-0.25, -0.2) is 4.98 Å².